The van der Waals surface area contributed by atoms with E-state index in [1.807, 2.05) is 31.2 Å². The van der Waals surface area contributed by atoms with E-state index >= 15 is 0 Å². The monoisotopic (exact) mass is 253 g/mol. The second-order valence-corrected chi connectivity index (χ2v) is 4.40. The summed E-state index contributed by atoms with van der Waals surface area (Å²) in [6.45, 7) is 1.85. The minimum Gasteiger partial charge on any atom is -0.398 e. The Balaban J connectivity index is 2.31. The Morgan fingerprint density at radius 1 is 1.53 bits per heavy atom. The van der Waals surface area contributed by atoms with Gasteiger partial charge in [-0.2, -0.15) is 0 Å². The van der Waals surface area contributed by atoms with Crippen LogP contribution in [0.25, 0.3) is 10.9 Å². The van der Waals surface area contributed by atoms with Crippen molar-refractivity contribution in [3.05, 3.63) is 36.0 Å². The van der Waals surface area contributed by atoms with Crippen molar-refractivity contribution in [1.82, 2.24) is 10.3 Å². The normalized spacial score (nSPS) is 11.8. The summed E-state index contributed by atoms with van der Waals surface area (Å²) in [6, 6.07) is 8.94. The largest absolute Gasteiger partial charge is 0.398 e. The molecule has 0 saturated heterocycles. The number of nitrogens with zero attached hydrogens (tertiary/aromatic N) is 1. The van der Waals surface area contributed by atoms with Gasteiger partial charge in [-0.05, 0) is 19.1 Å². The molecular weight excluding hydrogens is 238 g/mol. The average molecular weight is 253 g/mol. The highest BCUT2D eigenvalue weighted by molar-refractivity contribution is 5.99. The van der Waals surface area contributed by atoms with E-state index < -0.39 is 0 Å². The molecule has 1 aromatic heterocycles. The second kappa shape index (κ2) is 5.40. The number of para-hydroxylation sites is 1. The number of pyridine rings is 1. The molecule has 1 heterocycles. The van der Waals surface area contributed by atoms with Crippen molar-refractivity contribution in [2.75, 3.05) is 5.73 Å². The van der Waals surface area contributed by atoms with E-state index in [0.717, 1.165) is 5.39 Å². The maximum atomic E-state index is 12.0. The van der Waals surface area contributed by atoms with E-state index in [2.05, 4.69) is 16.2 Å². The van der Waals surface area contributed by atoms with E-state index in [0.29, 0.717) is 23.3 Å². The molecule has 0 bridgehead atoms. The summed E-state index contributed by atoms with van der Waals surface area (Å²) >= 11 is 0. The van der Waals surface area contributed by atoms with E-state index in [-0.39, 0.29) is 11.9 Å². The molecule has 4 nitrogen and oxygen atoms in total. The van der Waals surface area contributed by atoms with Gasteiger partial charge in [0.25, 0.3) is 5.91 Å². The fourth-order valence-corrected chi connectivity index (χ4v) is 1.84. The SMILES string of the molecule is C#CCC(C)NC(=O)c1cc(N)c2ccccc2n1. The zero-order chi connectivity index (χ0) is 13.8. The second-order valence-electron chi connectivity index (χ2n) is 4.40. The first kappa shape index (κ1) is 12.9. The number of hydrogen-bond donors (Lipinski definition) is 2. The molecule has 0 fully saturated rings. The maximum absolute atomic E-state index is 12.0. The van der Waals surface area contributed by atoms with Crippen molar-refractivity contribution in [2.45, 2.75) is 19.4 Å². The molecule has 1 aromatic carbocycles. The molecule has 1 unspecified atom stereocenters. The Hall–Kier alpha value is -2.54. The summed E-state index contributed by atoms with van der Waals surface area (Å²) < 4.78 is 0. The number of rotatable bonds is 3. The molecule has 2 rings (SSSR count). The first-order chi connectivity index (χ1) is 9.11. The van der Waals surface area contributed by atoms with Gasteiger partial charge < -0.3 is 11.1 Å². The van der Waals surface area contributed by atoms with Crippen LogP contribution in [0.4, 0.5) is 5.69 Å². The van der Waals surface area contributed by atoms with Crippen molar-refractivity contribution in [1.29, 1.82) is 0 Å². The standard InChI is InChI=1S/C15H15N3O/c1-3-6-10(2)17-15(19)14-9-12(16)11-7-4-5-8-13(11)18-14/h1,4-5,7-10H,6H2,2H3,(H2,16,18)(H,17,19). The molecule has 19 heavy (non-hydrogen) atoms. The molecular formula is C15H15N3O. The van der Waals surface area contributed by atoms with Gasteiger partial charge in [0, 0.05) is 23.5 Å². The third-order valence-electron chi connectivity index (χ3n) is 2.78. The third kappa shape index (κ3) is 2.83. The number of nitrogens with one attached hydrogen (secondary N) is 1. The zero-order valence-corrected chi connectivity index (χ0v) is 10.7. The average Bonchev–Trinajstić information content (AvgIpc) is 2.39. The predicted octanol–water partition coefficient (Wildman–Crippen LogP) is 1.96. The summed E-state index contributed by atoms with van der Waals surface area (Å²) in [7, 11) is 0. The molecule has 2 aromatic rings. The molecule has 3 N–H and O–H groups in total. The molecule has 0 saturated carbocycles. The van der Waals surface area contributed by atoms with Gasteiger partial charge in [-0.25, -0.2) is 4.98 Å². The fourth-order valence-electron chi connectivity index (χ4n) is 1.84. The minimum atomic E-state index is -0.264. The molecule has 4 heteroatoms. The number of anilines is 1. The van der Waals surface area contributed by atoms with Gasteiger partial charge in [0.2, 0.25) is 0 Å². The van der Waals surface area contributed by atoms with Gasteiger partial charge in [-0.3, -0.25) is 4.79 Å². The van der Waals surface area contributed by atoms with E-state index in [1.165, 1.54) is 0 Å². The van der Waals surface area contributed by atoms with Crippen molar-refractivity contribution in [3.63, 3.8) is 0 Å². The van der Waals surface area contributed by atoms with Gasteiger partial charge in [0.05, 0.1) is 5.52 Å². The van der Waals surface area contributed by atoms with Crippen LogP contribution in [0.2, 0.25) is 0 Å². The number of carbonyl (C=O) groups is 1. The number of nitrogens with two attached hydrogens (primary N) is 1. The Morgan fingerprint density at radius 2 is 2.26 bits per heavy atom. The van der Waals surface area contributed by atoms with Crippen molar-refractivity contribution >= 4 is 22.5 Å². The zero-order valence-electron chi connectivity index (χ0n) is 10.7. The van der Waals surface area contributed by atoms with Gasteiger partial charge in [0.1, 0.15) is 5.69 Å². The summed E-state index contributed by atoms with van der Waals surface area (Å²) in [5.74, 6) is 2.24. The number of hydrogen-bond acceptors (Lipinski definition) is 3. The summed E-state index contributed by atoms with van der Waals surface area (Å²) in [4.78, 5) is 16.3. The topological polar surface area (TPSA) is 68.0 Å². The minimum absolute atomic E-state index is 0.0907. The smallest absolute Gasteiger partial charge is 0.270 e. The van der Waals surface area contributed by atoms with Crippen LogP contribution < -0.4 is 11.1 Å². The lowest BCUT2D eigenvalue weighted by Crippen LogP contribution is -2.32. The lowest BCUT2D eigenvalue weighted by Gasteiger charge is -2.11. The van der Waals surface area contributed by atoms with Crippen molar-refractivity contribution in [2.24, 2.45) is 0 Å². The Labute approximate surface area is 112 Å². The summed E-state index contributed by atoms with van der Waals surface area (Å²) in [6.07, 6.45) is 5.69. The lowest BCUT2D eigenvalue weighted by molar-refractivity contribution is 0.0936. The van der Waals surface area contributed by atoms with E-state index in [9.17, 15) is 4.79 Å². The quantitative estimate of drug-likeness (QED) is 0.822. The van der Waals surface area contributed by atoms with Crippen LogP contribution in [0.5, 0.6) is 0 Å². The number of aromatic nitrogens is 1. The number of fused-ring (bicyclic) bond motifs is 1. The van der Waals surface area contributed by atoms with Gasteiger partial charge in [-0.1, -0.05) is 18.2 Å². The van der Waals surface area contributed by atoms with Gasteiger partial charge in [-0.15, -0.1) is 12.3 Å². The predicted molar refractivity (Wildman–Crippen MR) is 76.5 cm³/mol. The molecule has 0 radical (unpaired) electrons. The Kier molecular flexibility index (Phi) is 3.67. The Bertz CT molecular complexity index is 658. The highest BCUT2D eigenvalue weighted by atomic mass is 16.1. The highest BCUT2D eigenvalue weighted by Crippen LogP contribution is 2.20. The highest BCUT2D eigenvalue weighted by Gasteiger charge is 2.12. The first-order valence-electron chi connectivity index (χ1n) is 6.01. The molecule has 1 atom stereocenters. The van der Waals surface area contributed by atoms with Crippen LogP contribution in [0.3, 0.4) is 0 Å². The number of amides is 1. The summed E-state index contributed by atoms with van der Waals surface area (Å²) in [5.41, 5.74) is 7.49. The summed E-state index contributed by atoms with van der Waals surface area (Å²) in [5, 5.41) is 3.63. The van der Waals surface area contributed by atoms with Crippen LogP contribution >= 0.6 is 0 Å². The van der Waals surface area contributed by atoms with Crippen LogP contribution in [0.15, 0.2) is 30.3 Å². The number of terminal acetylenes is 1. The fraction of sp³-hybridized carbons (Fsp3) is 0.200. The van der Waals surface area contributed by atoms with E-state index in [1.54, 1.807) is 6.07 Å². The number of benzene rings is 1. The lowest BCUT2D eigenvalue weighted by atomic mass is 10.1. The van der Waals surface area contributed by atoms with Gasteiger partial charge in [0.15, 0.2) is 0 Å². The molecule has 0 aliphatic heterocycles. The van der Waals surface area contributed by atoms with E-state index in [4.69, 9.17) is 12.2 Å². The van der Waals surface area contributed by atoms with Crippen LogP contribution in [-0.2, 0) is 0 Å². The van der Waals surface area contributed by atoms with Crippen LogP contribution in [-0.4, -0.2) is 16.9 Å². The van der Waals surface area contributed by atoms with Crippen molar-refractivity contribution in [3.8, 4) is 12.3 Å². The Morgan fingerprint density at radius 3 is 3.00 bits per heavy atom. The first-order valence-corrected chi connectivity index (χ1v) is 6.01. The molecule has 1 amide bonds. The maximum Gasteiger partial charge on any atom is 0.270 e. The molecule has 0 aliphatic carbocycles. The third-order valence-corrected chi connectivity index (χ3v) is 2.78. The van der Waals surface area contributed by atoms with Gasteiger partial charge >= 0.3 is 0 Å². The molecule has 96 valence electrons. The molecule has 0 spiro atoms. The van der Waals surface area contributed by atoms with Crippen LogP contribution in [0, 0.1) is 12.3 Å². The number of carbonyl (C=O) groups excluding carboxylic acids is 1. The number of nitrogen functional groups attached to an aromatic ring is 1. The van der Waals surface area contributed by atoms with Crippen LogP contribution in [0.1, 0.15) is 23.8 Å². The molecule has 0 aliphatic rings. The van der Waals surface area contributed by atoms with Crippen molar-refractivity contribution < 1.29 is 4.79 Å².